The van der Waals surface area contributed by atoms with E-state index in [2.05, 4.69) is 44.0 Å². The number of piperazine rings is 1. The van der Waals surface area contributed by atoms with Gasteiger partial charge in [-0.15, -0.1) is 0 Å². The van der Waals surface area contributed by atoms with Crippen LogP contribution in [0.25, 0.3) is 16.5 Å². The molecule has 3 aromatic rings. The molecule has 214 valence electrons. The average molecular weight is 554 g/mol. The fourth-order valence-electron chi connectivity index (χ4n) is 5.49. The lowest BCUT2D eigenvalue weighted by molar-refractivity contribution is -0.124. The number of amides is 1. The van der Waals surface area contributed by atoms with E-state index < -0.39 is 0 Å². The van der Waals surface area contributed by atoms with Crippen molar-refractivity contribution in [2.45, 2.75) is 32.6 Å². The minimum Gasteiger partial charge on any atom is -0.397 e. The van der Waals surface area contributed by atoms with E-state index in [9.17, 15) is 4.79 Å². The molecular weight excluding hydrogens is 514 g/mol. The van der Waals surface area contributed by atoms with E-state index in [0.29, 0.717) is 28.5 Å². The first-order valence-corrected chi connectivity index (χ1v) is 14.2. The predicted molar refractivity (Wildman–Crippen MR) is 166 cm³/mol. The lowest BCUT2D eigenvalue weighted by atomic mass is 10.1. The Balaban J connectivity index is 1.43. The van der Waals surface area contributed by atoms with Crippen LogP contribution in [0.4, 0.5) is 11.5 Å². The van der Waals surface area contributed by atoms with Crippen molar-refractivity contribution < 1.29 is 4.79 Å². The maximum absolute atomic E-state index is 12.7. The third-order valence-electron chi connectivity index (χ3n) is 7.83. The van der Waals surface area contributed by atoms with Gasteiger partial charge in [0.15, 0.2) is 0 Å². The molecule has 1 saturated heterocycles. The van der Waals surface area contributed by atoms with Crippen molar-refractivity contribution in [3.63, 3.8) is 0 Å². The normalized spacial score (nSPS) is 17.2. The molecule has 0 radical (unpaired) electrons. The average Bonchev–Trinajstić information content (AvgIpc) is 3.66. The van der Waals surface area contributed by atoms with Crippen molar-refractivity contribution in [3.8, 4) is 0 Å². The van der Waals surface area contributed by atoms with E-state index in [1.807, 2.05) is 31.2 Å². The maximum Gasteiger partial charge on any atom is 0.227 e. The summed E-state index contributed by atoms with van der Waals surface area (Å²) in [6.45, 7) is 9.36. The van der Waals surface area contributed by atoms with Gasteiger partial charge in [0.1, 0.15) is 17.2 Å². The van der Waals surface area contributed by atoms with Crippen LogP contribution in [-0.4, -0.2) is 64.7 Å². The van der Waals surface area contributed by atoms with Gasteiger partial charge < -0.3 is 31.2 Å². The van der Waals surface area contributed by atoms with Gasteiger partial charge in [-0.1, -0.05) is 19.4 Å². The Bertz CT molecular complexity index is 1510. The number of hydrogen-bond acceptors (Lipinski definition) is 8. The molecular formula is C31H39N9O. The van der Waals surface area contributed by atoms with Crippen LogP contribution in [0.5, 0.6) is 0 Å². The van der Waals surface area contributed by atoms with Crippen LogP contribution in [0.3, 0.4) is 0 Å². The Morgan fingerprint density at radius 1 is 1.20 bits per heavy atom. The Kier molecular flexibility index (Phi) is 8.49. The van der Waals surface area contributed by atoms with Crippen molar-refractivity contribution in [2.75, 3.05) is 43.9 Å². The predicted octanol–water partition coefficient (Wildman–Crippen LogP) is 3.99. The van der Waals surface area contributed by atoms with Crippen LogP contribution < -0.4 is 21.3 Å². The Labute approximate surface area is 240 Å². The van der Waals surface area contributed by atoms with Crippen molar-refractivity contribution in [1.82, 2.24) is 30.5 Å². The number of rotatable bonds is 9. The molecule has 0 unspecified atom stereocenters. The SMILES string of the molecule is C=CN/C=C(\C=C(/C)NC(=O)C1CCCC1)c1ccc(N)c(C(=N)c2cc3c(N4CCN(C)CC4)nccc3[nH]2)n1. The van der Waals surface area contributed by atoms with Gasteiger partial charge in [-0.05, 0) is 63.4 Å². The molecule has 0 bridgehead atoms. The lowest BCUT2D eigenvalue weighted by Crippen LogP contribution is -2.44. The first-order valence-electron chi connectivity index (χ1n) is 14.2. The second-order valence-corrected chi connectivity index (χ2v) is 10.8. The van der Waals surface area contributed by atoms with Crippen molar-refractivity contribution in [1.29, 1.82) is 5.41 Å². The molecule has 0 spiro atoms. The van der Waals surface area contributed by atoms with E-state index in [0.717, 1.165) is 74.2 Å². The molecule has 1 amide bonds. The van der Waals surface area contributed by atoms with Gasteiger partial charge in [0.05, 0.1) is 22.6 Å². The number of aromatic nitrogens is 3. The molecule has 41 heavy (non-hydrogen) atoms. The highest BCUT2D eigenvalue weighted by molar-refractivity contribution is 6.14. The van der Waals surface area contributed by atoms with Gasteiger partial charge >= 0.3 is 0 Å². The van der Waals surface area contributed by atoms with E-state index in [1.54, 1.807) is 24.7 Å². The number of anilines is 2. The number of nitrogens with zero attached hydrogens (tertiary/aromatic N) is 4. The summed E-state index contributed by atoms with van der Waals surface area (Å²) >= 11 is 0. The van der Waals surface area contributed by atoms with Gasteiger partial charge in [0.2, 0.25) is 5.91 Å². The molecule has 10 heteroatoms. The molecule has 0 atom stereocenters. The van der Waals surface area contributed by atoms with E-state index in [-0.39, 0.29) is 17.5 Å². The van der Waals surface area contributed by atoms with Crippen LogP contribution in [-0.2, 0) is 4.79 Å². The topological polar surface area (TPSA) is 139 Å². The van der Waals surface area contributed by atoms with Crippen LogP contribution in [0, 0.1) is 11.3 Å². The van der Waals surface area contributed by atoms with Gasteiger partial charge in [0.25, 0.3) is 0 Å². The largest absolute Gasteiger partial charge is 0.397 e. The number of pyridine rings is 2. The Hall–Kier alpha value is -4.44. The van der Waals surface area contributed by atoms with Crippen molar-refractivity contribution in [2.24, 2.45) is 5.92 Å². The molecule has 10 nitrogen and oxygen atoms in total. The van der Waals surface area contributed by atoms with E-state index in [1.165, 1.54) is 0 Å². The van der Waals surface area contributed by atoms with Gasteiger partial charge in [-0.3, -0.25) is 10.2 Å². The molecule has 1 saturated carbocycles. The monoisotopic (exact) mass is 553 g/mol. The van der Waals surface area contributed by atoms with E-state index >= 15 is 0 Å². The van der Waals surface area contributed by atoms with Crippen molar-refractivity contribution >= 4 is 39.6 Å². The number of hydrogen-bond donors (Lipinski definition) is 5. The van der Waals surface area contributed by atoms with Crippen LogP contribution in [0.15, 0.2) is 61.2 Å². The van der Waals surface area contributed by atoms with Gasteiger partial charge in [-0.2, -0.15) is 0 Å². The van der Waals surface area contributed by atoms with Crippen LogP contribution in [0.1, 0.15) is 49.7 Å². The summed E-state index contributed by atoms with van der Waals surface area (Å²) in [6, 6.07) is 7.46. The van der Waals surface area contributed by atoms with Gasteiger partial charge in [0, 0.05) is 61.2 Å². The standard InChI is InChI=1S/C31H39N9O/c1-4-34-19-22(17-20(2)36-31(41)21-7-5-6-8-21)25-10-9-24(32)29(38-25)28(33)27-18-23-26(37-27)11-12-35-30(23)40-15-13-39(3)14-16-40/h4,9-12,17-19,21,33-34,37H,1,5-8,13-16,32H2,2-3H3,(H,36,41)/b20-17+,22-19+,33-28?. The highest BCUT2D eigenvalue weighted by atomic mass is 16.1. The summed E-state index contributed by atoms with van der Waals surface area (Å²) in [5, 5.41) is 16.1. The highest BCUT2D eigenvalue weighted by Gasteiger charge is 2.23. The number of allylic oxidation sites excluding steroid dienone is 3. The molecule has 3 aromatic heterocycles. The third-order valence-corrected chi connectivity index (χ3v) is 7.83. The summed E-state index contributed by atoms with van der Waals surface area (Å²) < 4.78 is 0. The Morgan fingerprint density at radius 2 is 1.95 bits per heavy atom. The summed E-state index contributed by atoms with van der Waals surface area (Å²) in [6.07, 6.45) is 11.1. The van der Waals surface area contributed by atoms with Crippen LogP contribution >= 0.6 is 0 Å². The molecule has 5 rings (SSSR count). The van der Waals surface area contributed by atoms with Crippen molar-refractivity contribution in [3.05, 3.63) is 78.3 Å². The van der Waals surface area contributed by atoms with E-state index in [4.69, 9.17) is 16.1 Å². The first kappa shape index (κ1) is 28.1. The fourth-order valence-corrected chi connectivity index (χ4v) is 5.49. The number of fused-ring (bicyclic) bond motifs is 1. The Morgan fingerprint density at radius 3 is 2.68 bits per heavy atom. The number of carbonyl (C=O) groups is 1. The molecule has 6 N–H and O–H groups in total. The quantitative estimate of drug-likeness (QED) is 0.199. The highest BCUT2D eigenvalue weighted by Crippen LogP contribution is 2.29. The van der Waals surface area contributed by atoms with Gasteiger partial charge in [-0.25, -0.2) is 9.97 Å². The number of carbonyl (C=O) groups excluding carboxylic acids is 1. The zero-order chi connectivity index (χ0) is 28.9. The second kappa shape index (κ2) is 12.4. The summed E-state index contributed by atoms with van der Waals surface area (Å²) in [7, 11) is 2.13. The molecule has 1 aliphatic carbocycles. The maximum atomic E-state index is 12.7. The molecule has 1 aliphatic heterocycles. The summed E-state index contributed by atoms with van der Waals surface area (Å²) in [4.78, 5) is 30.1. The number of aromatic amines is 1. The third kappa shape index (κ3) is 6.33. The molecule has 2 aliphatic rings. The number of nitrogens with one attached hydrogen (secondary N) is 4. The molecule has 0 aromatic carbocycles. The number of nitrogens with two attached hydrogens (primary N) is 1. The minimum absolute atomic E-state index is 0.0595. The lowest BCUT2D eigenvalue weighted by Gasteiger charge is -2.33. The zero-order valence-electron chi connectivity index (χ0n) is 23.8. The summed E-state index contributed by atoms with van der Waals surface area (Å²) in [5.41, 5.74) is 10.9. The zero-order valence-corrected chi connectivity index (χ0v) is 23.8. The fraction of sp³-hybridized carbons (Fsp3) is 0.355. The second-order valence-electron chi connectivity index (χ2n) is 10.8. The number of likely N-dealkylation sites (N-methyl/N-ethyl adjacent to an activating group) is 1. The number of H-pyrrole nitrogens is 1. The first-order chi connectivity index (χ1) is 19.8. The molecule has 4 heterocycles. The minimum atomic E-state index is 0.0595. The summed E-state index contributed by atoms with van der Waals surface area (Å²) in [5.74, 6) is 1.05. The smallest absolute Gasteiger partial charge is 0.227 e. The number of nitrogen functional groups attached to an aromatic ring is 1. The molecule has 2 fully saturated rings. The van der Waals surface area contributed by atoms with Crippen LogP contribution in [0.2, 0.25) is 0 Å².